The highest BCUT2D eigenvalue weighted by Crippen LogP contribution is 2.50. The van der Waals surface area contributed by atoms with Gasteiger partial charge in [-0.1, -0.05) is 41.2 Å². The summed E-state index contributed by atoms with van der Waals surface area (Å²) in [5.41, 5.74) is 3.07. The summed E-state index contributed by atoms with van der Waals surface area (Å²) in [6, 6.07) is 6.03. The third-order valence-corrected chi connectivity index (χ3v) is 4.77. The van der Waals surface area contributed by atoms with E-state index in [0.29, 0.717) is 24.5 Å². The van der Waals surface area contributed by atoms with Crippen LogP contribution >= 0.6 is 0 Å². The van der Waals surface area contributed by atoms with Crippen molar-refractivity contribution in [2.75, 3.05) is 13.7 Å². The topological polar surface area (TPSA) is 59.3 Å². The van der Waals surface area contributed by atoms with Crippen molar-refractivity contribution in [3.63, 3.8) is 0 Å². The van der Waals surface area contributed by atoms with Crippen LogP contribution in [0.4, 0.5) is 0 Å². The lowest BCUT2D eigenvalue weighted by molar-refractivity contribution is -0.122. The number of ether oxygens (including phenoxy) is 2. The minimum atomic E-state index is -0.614. The molecule has 1 aliphatic rings. The number of fused-ring (bicyclic) bond motifs is 1. The van der Waals surface area contributed by atoms with Crippen molar-refractivity contribution in [2.24, 2.45) is 5.41 Å². The summed E-state index contributed by atoms with van der Waals surface area (Å²) in [4.78, 5) is 12.9. The summed E-state index contributed by atoms with van der Waals surface area (Å²) >= 11 is 0. The second-order valence-electron chi connectivity index (χ2n) is 8.90. The summed E-state index contributed by atoms with van der Waals surface area (Å²) < 4.78 is 11.4. The van der Waals surface area contributed by atoms with Crippen molar-refractivity contribution in [3.8, 4) is 17.6 Å². The maximum absolute atomic E-state index is 12.9. The molecule has 1 aromatic carbocycles. The molecule has 0 N–H and O–H groups in total. The first-order chi connectivity index (χ1) is 12.4. The molecule has 2 rings (SSSR count). The van der Waals surface area contributed by atoms with Gasteiger partial charge in [-0.25, -0.2) is 0 Å². The smallest absolute Gasteiger partial charge is 0.178 e. The average Bonchev–Trinajstić information content (AvgIpc) is 2.82. The molecule has 0 atom stereocenters. The highest BCUT2D eigenvalue weighted by Gasteiger charge is 2.39. The zero-order valence-corrected chi connectivity index (χ0v) is 17.4. The Morgan fingerprint density at radius 1 is 1.30 bits per heavy atom. The van der Waals surface area contributed by atoms with Gasteiger partial charge in [0.25, 0.3) is 0 Å². The first kappa shape index (κ1) is 20.8. The van der Waals surface area contributed by atoms with E-state index < -0.39 is 5.41 Å². The Kier molecular flexibility index (Phi) is 5.56. The number of carbonyl (C=O) groups is 1. The van der Waals surface area contributed by atoms with Gasteiger partial charge >= 0.3 is 0 Å². The summed E-state index contributed by atoms with van der Waals surface area (Å²) in [7, 11) is 1.61. The van der Waals surface area contributed by atoms with Crippen molar-refractivity contribution in [3.05, 3.63) is 41.0 Å². The summed E-state index contributed by atoms with van der Waals surface area (Å²) in [6.45, 7) is 15.9. The van der Waals surface area contributed by atoms with Crippen molar-refractivity contribution >= 4 is 11.4 Å². The minimum absolute atomic E-state index is 0.135. The van der Waals surface area contributed by atoms with Gasteiger partial charge in [0, 0.05) is 5.41 Å². The number of hydrogen-bond donors (Lipinski definition) is 0. The number of ketones is 1. The number of hydrogen-bond acceptors (Lipinski definition) is 4. The molecule has 1 aliphatic carbocycles. The van der Waals surface area contributed by atoms with Crippen LogP contribution in [-0.2, 0) is 10.2 Å². The van der Waals surface area contributed by atoms with Crippen LogP contribution in [0, 0.1) is 16.7 Å². The van der Waals surface area contributed by atoms with Gasteiger partial charge in [-0.15, -0.1) is 0 Å². The molecule has 0 radical (unpaired) electrons. The van der Waals surface area contributed by atoms with Crippen LogP contribution in [0.25, 0.3) is 5.57 Å². The van der Waals surface area contributed by atoms with Gasteiger partial charge in [0.05, 0.1) is 12.7 Å². The van der Waals surface area contributed by atoms with Crippen molar-refractivity contribution in [1.29, 1.82) is 5.26 Å². The number of nitrogens with zero attached hydrogens (tertiary/aromatic N) is 1. The van der Waals surface area contributed by atoms with Crippen molar-refractivity contribution < 1.29 is 14.3 Å². The number of carbonyl (C=O) groups excluding carboxylic acids is 1. The highest BCUT2D eigenvalue weighted by atomic mass is 16.5. The fourth-order valence-corrected chi connectivity index (χ4v) is 3.33. The van der Waals surface area contributed by atoms with Gasteiger partial charge in [0.15, 0.2) is 17.3 Å². The fraction of sp³-hybridized carbons (Fsp3) is 0.478. The third-order valence-electron chi connectivity index (χ3n) is 4.77. The van der Waals surface area contributed by atoms with E-state index >= 15 is 0 Å². The van der Waals surface area contributed by atoms with E-state index in [1.54, 1.807) is 7.11 Å². The van der Waals surface area contributed by atoms with Gasteiger partial charge in [0.2, 0.25) is 0 Å². The second kappa shape index (κ2) is 7.23. The molecule has 0 bridgehead atoms. The Hall–Kier alpha value is -2.54. The van der Waals surface area contributed by atoms with E-state index in [9.17, 15) is 10.1 Å². The van der Waals surface area contributed by atoms with E-state index in [-0.39, 0.29) is 16.8 Å². The molecule has 0 heterocycles. The Morgan fingerprint density at radius 3 is 2.41 bits per heavy atom. The molecule has 27 heavy (non-hydrogen) atoms. The van der Waals surface area contributed by atoms with E-state index in [0.717, 1.165) is 22.3 Å². The summed E-state index contributed by atoms with van der Waals surface area (Å²) in [5.74, 6) is 1.10. The normalized spacial score (nSPS) is 17.0. The maximum Gasteiger partial charge on any atom is 0.178 e. The monoisotopic (exact) mass is 367 g/mol. The Morgan fingerprint density at radius 2 is 1.93 bits per heavy atom. The van der Waals surface area contributed by atoms with Gasteiger partial charge < -0.3 is 9.47 Å². The number of Topliss-reactive ketones (excluding diaryl/α,β-unsaturated/α-hetero) is 1. The third kappa shape index (κ3) is 4.08. The standard InChI is InChI=1S/C23H29NO3/c1-14(2)13-27-20-9-15-16(17(12-24)21(25)22(3,4)5)11-23(6,7)18(15)10-19(20)26-8/h9-10H,1,11,13H2,2-8H3/b17-16+. The zero-order valence-electron chi connectivity index (χ0n) is 17.4. The van der Waals surface area contributed by atoms with E-state index in [1.165, 1.54) is 0 Å². The van der Waals surface area contributed by atoms with Crippen LogP contribution in [0.5, 0.6) is 11.5 Å². The van der Waals surface area contributed by atoms with Crippen molar-refractivity contribution in [1.82, 2.24) is 0 Å². The average molecular weight is 367 g/mol. The number of allylic oxidation sites excluding steroid dienone is 2. The first-order valence-corrected chi connectivity index (χ1v) is 9.10. The zero-order chi connectivity index (χ0) is 20.6. The Labute approximate surface area is 162 Å². The number of methoxy groups -OCH3 is 1. The van der Waals surface area contributed by atoms with Gasteiger partial charge in [-0.05, 0) is 53.2 Å². The van der Waals surface area contributed by atoms with Gasteiger partial charge in [-0.2, -0.15) is 5.26 Å². The Balaban J connectivity index is 2.71. The van der Waals surface area contributed by atoms with E-state index in [2.05, 4.69) is 26.5 Å². The molecular formula is C23H29NO3. The number of benzene rings is 1. The molecular weight excluding hydrogens is 338 g/mol. The van der Waals surface area contributed by atoms with Crippen LogP contribution in [0.3, 0.4) is 0 Å². The molecule has 4 nitrogen and oxygen atoms in total. The van der Waals surface area contributed by atoms with Crippen LogP contribution in [0.15, 0.2) is 29.9 Å². The van der Waals surface area contributed by atoms with Crippen LogP contribution in [0.1, 0.15) is 59.1 Å². The van der Waals surface area contributed by atoms with Gasteiger partial charge in [-0.3, -0.25) is 4.79 Å². The molecule has 4 heteroatoms. The lowest BCUT2D eigenvalue weighted by Crippen LogP contribution is -2.22. The van der Waals surface area contributed by atoms with E-state index in [1.807, 2.05) is 39.8 Å². The molecule has 0 aliphatic heterocycles. The second-order valence-corrected chi connectivity index (χ2v) is 8.90. The van der Waals surface area contributed by atoms with Crippen LogP contribution in [0.2, 0.25) is 0 Å². The van der Waals surface area contributed by atoms with Crippen LogP contribution in [-0.4, -0.2) is 19.5 Å². The first-order valence-electron chi connectivity index (χ1n) is 9.10. The summed E-state index contributed by atoms with van der Waals surface area (Å²) in [6.07, 6.45) is 0.625. The number of rotatable bonds is 5. The molecule has 1 aromatic rings. The molecule has 0 saturated heterocycles. The molecule has 0 unspecified atom stereocenters. The number of nitriles is 1. The lowest BCUT2D eigenvalue weighted by atomic mass is 9.83. The predicted molar refractivity (Wildman–Crippen MR) is 108 cm³/mol. The molecule has 0 amide bonds. The lowest BCUT2D eigenvalue weighted by Gasteiger charge is -2.20. The van der Waals surface area contributed by atoms with Crippen molar-refractivity contribution in [2.45, 2.75) is 53.4 Å². The SMILES string of the molecule is C=C(C)COc1cc2c(cc1OC)C(C)(C)C/C2=C(/C#N)C(=O)C(C)(C)C. The maximum atomic E-state index is 12.9. The fourth-order valence-electron chi connectivity index (χ4n) is 3.33. The summed E-state index contributed by atoms with van der Waals surface area (Å²) in [5, 5.41) is 9.77. The molecule has 0 aromatic heterocycles. The molecule has 0 fully saturated rings. The highest BCUT2D eigenvalue weighted by molar-refractivity contribution is 6.09. The predicted octanol–water partition coefficient (Wildman–Crippen LogP) is 5.22. The molecule has 0 spiro atoms. The molecule has 0 saturated carbocycles. The minimum Gasteiger partial charge on any atom is -0.493 e. The van der Waals surface area contributed by atoms with Gasteiger partial charge in [0.1, 0.15) is 12.7 Å². The molecule has 144 valence electrons. The van der Waals surface area contributed by atoms with Crippen LogP contribution < -0.4 is 9.47 Å². The Bertz CT molecular complexity index is 861. The quantitative estimate of drug-likeness (QED) is 0.406. The van der Waals surface area contributed by atoms with E-state index in [4.69, 9.17) is 9.47 Å². The largest absolute Gasteiger partial charge is 0.493 e.